The van der Waals surface area contributed by atoms with Gasteiger partial charge < -0.3 is 0 Å². The van der Waals surface area contributed by atoms with Gasteiger partial charge in [-0.3, -0.25) is 5.32 Å². The highest BCUT2D eigenvalue weighted by molar-refractivity contribution is 7.84. The van der Waals surface area contributed by atoms with Crippen molar-refractivity contribution in [1.82, 2.24) is 5.32 Å². The fourth-order valence-electron chi connectivity index (χ4n) is 1.43. The fourth-order valence-corrected chi connectivity index (χ4v) is 1.81. The van der Waals surface area contributed by atoms with Crippen LogP contribution in [0.1, 0.15) is 27.7 Å². The highest BCUT2D eigenvalue weighted by Crippen LogP contribution is 2.31. The van der Waals surface area contributed by atoms with E-state index in [4.69, 9.17) is 0 Å². The molecule has 58 valence electrons. The molecule has 2 heteroatoms. The molecule has 0 amide bonds. The van der Waals surface area contributed by atoms with E-state index < -0.39 is 0 Å². The van der Waals surface area contributed by atoms with Crippen LogP contribution in [0.25, 0.3) is 0 Å². The van der Waals surface area contributed by atoms with Gasteiger partial charge in [0.1, 0.15) is 0 Å². The number of hydrogen-bond donors (Lipinski definition) is 2. The molecule has 0 saturated heterocycles. The number of rotatable bonds is 0. The van der Waals surface area contributed by atoms with Gasteiger partial charge in [-0.15, -0.1) is 12.6 Å². The summed E-state index contributed by atoms with van der Waals surface area (Å²) in [7, 11) is 0. The zero-order chi connectivity index (χ0) is 7.99. The van der Waals surface area contributed by atoms with Crippen LogP contribution in [0.5, 0.6) is 0 Å². The van der Waals surface area contributed by atoms with Crippen LogP contribution in [0.4, 0.5) is 0 Å². The maximum atomic E-state index is 4.39. The number of nitrogens with one attached hydrogen (secondary N) is 1. The van der Waals surface area contributed by atoms with Crippen molar-refractivity contribution < 1.29 is 0 Å². The lowest BCUT2D eigenvalue weighted by Gasteiger charge is -2.26. The van der Waals surface area contributed by atoms with Gasteiger partial charge in [0.15, 0.2) is 0 Å². The van der Waals surface area contributed by atoms with Gasteiger partial charge in [0.2, 0.25) is 0 Å². The molecule has 1 nitrogen and oxygen atoms in total. The van der Waals surface area contributed by atoms with Crippen molar-refractivity contribution in [3.63, 3.8) is 0 Å². The number of thiol groups is 1. The Bertz CT molecular complexity index is 180. The van der Waals surface area contributed by atoms with Crippen LogP contribution >= 0.6 is 12.6 Å². The fraction of sp³-hybridized carbons (Fsp3) is 0.750. The van der Waals surface area contributed by atoms with Crippen LogP contribution in [0.15, 0.2) is 11.0 Å². The highest BCUT2D eigenvalue weighted by Gasteiger charge is 2.34. The monoisotopic (exact) mass is 157 g/mol. The van der Waals surface area contributed by atoms with E-state index in [1.165, 1.54) is 0 Å². The molecule has 0 radical (unpaired) electrons. The minimum atomic E-state index is 0.0621. The van der Waals surface area contributed by atoms with Crippen molar-refractivity contribution in [2.24, 2.45) is 0 Å². The molecule has 1 aliphatic rings. The third-order valence-electron chi connectivity index (χ3n) is 1.77. The molecule has 0 atom stereocenters. The molecule has 0 unspecified atom stereocenters. The second-order valence-electron chi connectivity index (χ2n) is 4.00. The van der Waals surface area contributed by atoms with E-state index in [0.29, 0.717) is 0 Å². The Balaban J connectivity index is 2.89. The second kappa shape index (κ2) is 2.02. The third-order valence-corrected chi connectivity index (χ3v) is 2.46. The summed E-state index contributed by atoms with van der Waals surface area (Å²) in [4.78, 5) is 1.14. The average molecular weight is 157 g/mol. The third kappa shape index (κ3) is 1.38. The summed E-state index contributed by atoms with van der Waals surface area (Å²) in [6, 6.07) is 0. The Kier molecular flexibility index (Phi) is 1.64. The van der Waals surface area contributed by atoms with E-state index >= 15 is 0 Å². The maximum absolute atomic E-state index is 4.39. The smallest absolute Gasteiger partial charge is 0.0438 e. The maximum Gasteiger partial charge on any atom is 0.0438 e. The van der Waals surface area contributed by atoms with Gasteiger partial charge in [-0.2, -0.15) is 0 Å². The molecule has 0 aliphatic carbocycles. The SMILES string of the molecule is CC1(C)C=C(S)C(C)(C)N1. The highest BCUT2D eigenvalue weighted by atomic mass is 32.1. The van der Waals surface area contributed by atoms with E-state index in [9.17, 15) is 0 Å². The molecule has 1 rings (SSSR count). The molecule has 0 aromatic carbocycles. The molecule has 1 N–H and O–H groups in total. The standard InChI is InChI=1S/C8H15NS/c1-7(2)5-6(10)8(3,4)9-7/h5,9-10H,1-4H3. The van der Waals surface area contributed by atoms with Crippen molar-refractivity contribution in [3.8, 4) is 0 Å². The molecule has 1 aliphatic heterocycles. The van der Waals surface area contributed by atoms with Crippen molar-refractivity contribution in [3.05, 3.63) is 11.0 Å². The number of hydrogen-bond acceptors (Lipinski definition) is 2. The van der Waals surface area contributed by atoms with Crippen LogP contribution in [-0.2, 0) is 0 Å². The first kappa shape index (κ1) is 8.15. The summed E-state index contributed by atoms with van der Waals surface area (Å²) in [6.45, 7) is 8.58. The van der Waals surface area contributed by atoms with Gasteiger partial charge in [-0.25, -0.2) is 0 Å². The zero-order valence-electron chi connectivity index (χ0n) is 7.02. The van der Waals surface area contributed by atoms with Gasteiger partial charge in [0, 0.05) is 11.1 Å². The van der Waals surface area contributed by atoms with Crippen molar-refractivity contribution >= 4 is 12.6 Å². The molecular formula is C8H15NS. The predicted molar refractivity (Wildman–Crippen MR) is 48.4 cm³/mol. The minimum absolute atomic E-state index is 0.0621. The summed E-state index contributed by atoms with van der Waals surface area (Å²) in [5.41, 5.74) is 0.174. The molecule has 1 heterocycles. The van der Waals surface area contributed by atoms with Gasteiger partial charge in [0.25, 0.3) is 0 Å². The van der Waals surface area contributed by atoms with Crippen LogP contribution in [-0.4, -0.2) is 11.1 Å². The van der Waals surface area contributed by atoms with Gasteiger partial charge in [0.05, 0.1) is 0 Å². The first-order chi connectivity index (χ1) is 4.33. The predicted octanol–water partition coefficient (Wildman–Crippen LogP) is 1.96. The van der Waals surface area contributed by atoms with E-state index in [1.54, 1.807) is 0 Å². The van der Waals surface area contributed by atoms with Crippen LogP contribution in [0.2, 0.25) is 0 Å². The Labute approximate surface area is 68.3 Å². The summed E-state index contributed by atoms with van der Waals surface area (Å²) in [5.74, 6) is 0. The lowest BCUT2D eigenvalue weighted by atomic mass is 10.1. The molecule has 0 bridgehead atoms. The molecule has 10 heavy (non-hydrogen) atoms. The molecule has 0 saturated carbocycles. The molecule has 0 fully saturated rings. The summed E-state index contributed by atoms with van der Waals surface area (Å²) < 4.78 is 0. The minimum Gasteiger partial charge on any atom is -0.299 e. The zero-order valence-corrected chi connectivity index (χ0v) is 7.92. The van der Waals surface area contributed by atoms with E-state index in [-0.39, 0.29) is 11.1 Å². The summed E-state index contributed by atoms with van der Waals surface area (Å²) in [5, 5.41) is 3.45. The Morgan fingerprint density at radius 3 is 1.90 bits per heavy atom. The Morgan fingerprint density at radius 1 is 1.30 bits per heavy atom. The quantitative estimate of drug-likeness (QED) is 0.512. The summed E-state index contributed by atoms with van der Waals surface area (Å²) >= 11 is 4.39. The first-order valence-corrected chi connectivity index (χ1v) is 4.00. The van der Waals surface area contributed by atoms with Gasteiger partial charge >= 0.3 is 0 Å². The summed E-state index contributed by atoms with van der Waals surface area (Å²) in [6.07, 6.45) is 2.16. The van der Waals surface area contributed by atoms with Crippen LogP contribution < -0.4 is 5.32 Å². The normalized spacial score (nSPS) is 28.3. The first-order valence-electron chi connectivity index (χ1n) is 3.55. The topological polar surface area (TPSA) is 12.0 Å². The average Bonchev–Trinajstić information content (AvgIpc) is 1.73. The van der Waals surface area contributed by atoms with E-state index in [0.717, 1.165) is 4.91 Å². The van der Waals surface area contributed by atoms with Crippen LogP contribution in [0.3, 0.4) is 0 Å². The molecule has 0 aromatic heterocycles. The van der Waals surface area contributed by atoms with E-state index in [2.05, 4.69) is 51.7 Å². The molecular weight excluding hydrogens is 142 g/mol. The van der Waals surface area contributed by atoms with Crippen molar-refractivity contribution in [2.45, 2.75) is 38.8 Å². The largest absolute Gasteiger partial charge is 0.299 e. The Hall–Kier alpha value is 0.0500. The van der Waals surface area contributed by atoms with E-state index in [1.807, 2.05) is 0 Å². The van der Waals surface area contributed by atoms with Gasteiger partial charge in [-0.1, -0.05) is 6.08 Å². The molecule has 0 spiro atoms. The van der Waals surface area contributed by atoms with Crippen LogP contribution in [0, 0.1) is 0 Å². The Morgan fingerprint density at radius 2 is 1.80 bits per heavy atom. The second-order valence-corrected chi connectivity index (χ2v) is 4.48. The van der Waals surface area contributed by atoms with Gasteiger partial charge in [-0.05, 0) is 32.6 Å². The molecule has 0 aromatic rings. The van der Waals surface area contributed by atoms with Crippen molar-refractivity contribution in [2.75, 3.05) is 0 Å². The van der Waals surface area contributed by atoms with Crippen molar-refractivity contribution in [1.29, 1.82) is 0 Å². The lowest BCUT2D eigenvalue weighted by molar-refractivity contribution is 0.395. The lowest BCUT2D eigenvalue weighted by Crippen LogP contribution is -2.45.